The lowest BCUT2D eigenvalue weighted by atomic mass is 9.70. The summed E-state index contributed by atoms with van der Waals surface area (Å²) in [5, 5.41) is 0. The van der Waals surface area contributed by atoms with Crippen molar-refractivity contribution in [1.29, 1.82) is 0 Å². The Bertz CT molecular complexity index is 345. The monoisotopic (exact) mass is 224 g/mol. The lowest BCUT2D eigenvalue weighted by Gasteiger charge is -2.32. The summed E-state index contributed by atoms with van der Waals surface area (Å²) in [6.07, 6.45) is 1.89. The second kappa shape index (κ2) is 3.31. The van der Waals surface area contributed by atoms with Gasteiger partial charge < -0.3 is 4.74 Å². The fourth-order valence-electron chi connectivity index (χ4n) is 3.59. The molecule has 2 aliphatic rings. The molecule has 16 heavy (non-hydrogen) atoms. The first-order chi connectivity index (χ1) is 7.36. The minimum absolute atomic E-state index is 0.0679. The van der Waals surface area contributed by atoms with E-state index >= 15 is 0 Å². The number of carbonyl (C=O) groups excluding carboxylic acids is 2. The highest BCUT2D eigenvalue weighted by Gasteiger charge is 2.68. The quantitative estimate of drug-likeness (QED) is 0.533. The summed E-state index contributed by atoms with van der Waals surface area (Å²) in [5.74, 6) is -0.543. The van der Waals surface area contributed by atoms with Gasteiger partial charge in [0, 0.05) is 5.41 Å². The van der Waals surface area contributed by atoms with Gasteiger partial charge in [-0.05, 0) is 31.1 Å². The van der Waals surface area contributed by atoms with Crippen molar-refractivity contribution < 1.29 is 14.3 Å². The lowest BCUT2D eigenvalue weighted by molar-refractivity contribution is -0.154. The van der Waals surface area contributed by atoms with Gasteiger partial charge in [-0.25, -0.2) is 0 Å². The molecule has 2 bridgehead atoms. The van der Waals surface area contributed by atoms with Crippen LogP contribution in [0.2, 0.25) is 0 Å². The van der Waals surface area contributed by atoms with Gasteiger partial charge in [-0.3, -0.25) is 9.59 Å². The van der Waals surface area contributed by atoms with Crippen LogP contribution in [0.15, 0.2) is 0 Å². The Hall–Kier alpha value is -0.860. The number of esters is 1. The van der Waals surface area contributed by atoms with Crippen LogP contribution in [0.1, 0.15) is 40.5 Å². The van der Waals surface area contributed by atoms with Crippen molar-refractivity contribution >= 4 is 11.8 Å². The van der Waals surface area contributed by atoms with E-state index in [4.69, 9.17) is 4.74 Å². The zero-order chi connectivity index (χ0) is 12.1. The van der Waals surface area contributed by atoms with Gasteiger partial charge >= 0.3 is 5.97 Å². The number of hydrogen-bond acceptors (Lipinski definition) is 3. The molecular formula is C13H20O3. The number of hydrogen-bond donors (Lipinski definition) is 0. The summed E-state index contributed by atoms with van der Waals surface area (Å²) in [5.41, 5.74) is -0.392. The molecule has 3 heteroatoms. The van der Waals surface area contributed by atoms with Crippen LogP contribution in [0.5, 0.6) is 0 Å². The second-order valence-electron chi connectivity index (χ2n) is 5.79. The van der Waals surface area contributed by atoms with Crippen LogP contribution < -0.4 is 0 Å². The molecule has 0 unspecified atom stereocenters. The molecule has 2 fully saturated rings. The zero-order valence-corrected chi connectivity index (χ0v) is 10.5. The predicted octanol–water partition coefficient (Wildman–Crippen LogP) is 2.19. The van der Waals surface area contributed by atoms with E-state index in [2.05, 4.69) is 13.8 Å². The minimum atomic E-state index is -0.506. The van der Waals surface area contributed by atoms with Gasteiger partial charge in [0.25, 0.3) is 0 Å². The van der Waals surface area contributed by atoms with Crippen LogP contribution in [0.3, 0.4) is 0 Å². The van der Waals surface area contributed by atoms with Gasteiger partial charge in [0.15, 0.2) is 5.78 Å². The Balaban J connectivity index is 2.33. The molecule has 90 valence electrons. The van der Waals surface area contributed by atoms with Crippen molar-refractivity contribution in [1.82, 2.24) is 0 Å². The van der Waals surface area contributed by atoms with Crippen LogP contribution in [-0.2, 0) is 14.3 Å². The van der Waals surface area contributed by atoms with Crippen LogP contribution in [0, 0.1) is 22.7 Å². The van der Waals surface area contributed by atoms with Crippen molar-refractivity contribution in [2.24, 2.45) is 22.7 Å². The Morgan fingerprint density at radius 2 is 2.06 bits per heavy atom. The van der Waals surface area contributed by atoms with Gasteiger partial charge in [-0.2, -0.15) is 0 Å². The van der Waals surface area contributed by atoms with E-state index in [9.17, 15) is 9.59 Å². The molecule has 2 aliphatic carbocycles. The molecule has 2 rings (SSSR count). The van der Waals surface area contributed by atoms with Gasteiger partial charge in [0.2, 0.25) is 0 Å². The maximum Gasteiger partial charge on any atom is 0.316 e. The molecule has 0 aliphatic heterocycles. The van der Waals surface area contributed by atoms with Crippen molar-refractivity contribution in [3.8, 4) is 0 Å². The third kappa shape index (κ3) is 1.14. The maximum atomic E-state index is 12.3. The third-order valence-corrected chi connectivity index (χ3v) is 5.07. The molecule has 0 aromatic heterocycles. The SMILES string of the molecule is CCOC(=O)[C@@H]1C(=O)[C@]2(C)CC[C@H]1C2(C)C. The van der Waals surface area contributed by atoms with Gasteiger partial charge in [0.05, 0.1) is 6.61 Å². The molecule has 0 aromatic carbocycles. The highest BCUT2D eigenvalue weighted by atomic mass is 16.5. The normalized spacial score (nSPS) is 40.1. The van der Waals surface area contributed by atoms with Gasteiger partial charge in [-0.1, -0.05) is 20.8 Å². The van der Waals surface area contributed by atoms with E-state index in [1.807, 2.05) is 6.92 Å². The van der Waals surface area contributed by atoms with Gasteiger partial charge in [-0.15, -0.1) is 0 Å². The average Bonchev–Trinajstić information content (AvgIpc) is 2.50. The average molecular weight is 224 g/mol. The number of fused-ring (bicyclic) bond motifs is 2. The van der Waals surface area contributed by atoms with E-state index < -0.39 is 5.92 Å². The van der Waals surface area contributed by atoms with E-state index in [-0.39, 0.29) is 28.5 Å². The number of rotatable bonds is 2. The molecule has 0 aromatic rings. The summed E-state index contributed by atoms with van der Waals surface area (Å²) < 4.78 is 5.03. The largest absolute Gasteiger partial charge is 0.465 e. The first-order valence-electron chi connectivity index (χ1n) is 6.07. The van der Waals surface area contributed by atoms with Crippen molar-refractivity contribution in [2.75, 3.05) is 6.61 Å². The van der Waals surface area contributed by atoms with Crippen LogP contribution in [0.25, 0.3) is 0 Å². The summed E-state index contributed by atoms with van der Waals surface area (Å²) in [4.78, 5) is 24.2. The van der Waals surface area contributed by atoms with Crippen molar-refractivity contribution in [2.45, 2.75) is 40.5 Å². The first kappa shape index (κ1) is 11.6. The summed E-state index contributed by atoms with van der Waals surface area (Å²) in [6, 6.07) is 0. The second-order valence-corrected chi connectivity index (χ2v) is 5.79. The molecule has 0 heterocycles. The highest BCUT2D eigenvalue weighted by Crippen LogP contribution is 2.65. The smallest absolute Gasteiger partial charge is 0.316 e. The lowest BCUT2D eigenvalue weighted by Crippen LogP contribution is -2.36. The highest BCUT2D eigenvalue weighted by molar-refractivity contribution is 6.05. The molecule has 0 spiro atoms. The predicted molar refractivity (Wildman–Crippen MR) is 59.7 cm³/mol. The topological polar surface area (TPSA) is 43.4 Å². The Kier molecular flexibility index (Phi) is 2.41. The fourth-order valence-corrected chi connectivity index (χ4v) is 3.59. The fraction of sp³-hybridized carbons (Fsp3) is 0.846. The summed E-state index contributed by atoms with van der Waals surface area (Å²) in [6.45, 7) is 8.37. The van der Waals surface area contributed by atoms with E-state index in [1.54, 1.807) is 6.92 Å². The standard InChI is InChI=1S/C13H20O3/c1-5-16-11(15)9-8-6-7-13(4,10(9)14)12(8,2)3/h8-9H,5-7H2,1-4H3/t8-,9+,13+/m1/s1. The van der Waals surface area contributed by atoms with Crippen LogP contribution in [0.4, 0.5) is 0 Å². The number of ether oxygens (including phenoxy) is 1. The van der Waals surface area contributed by atoms with E-state index in [1.165, 1.54) is 0 Å². The van der Waals surface area contributed by atoms with E-state index in [0.717, 1.165) is 12.8 Å². The molecular weight excluding hydrogens is 204 g/mol. The van der Waals surface area contributed by atoms with Crippen LogP contribution >= 0.6 is 0 Å². The maximum absolute atomic E-state index is 12.3. The molecule has 3 nitrogen and oxygen atoms in total. The molecule has 3 atom stereocenters. The van der Waals surface area contributed by atoms with Gasteiger partial charge in [0.1, 0.15) is 5.92 Å². The molecule has 0 amide bonds. The zero-order valence-electron chi connectivity index (χ0n) is 10.5. The van der Waals surface area contributed by atoms with Crippen LogP contribution in [-0.4, -0.2) is 18.4 Å². The molecule has 2 saturated carbocycles. The number of ketones is 1. The number of Topliss-reactive ketones (excluding diaryl/α,β-unsaturated/α-hetero) is 1. The third-order valence-electron chi connectivity index (χ3n) is 5.07. The molecule has 0 saturated heterocycles. The number of carbonyl (C=O) groups is 2. The van der Waals surface area contributed by atoms with Crippen molar-refractivity contribution in [3.05, 3.63) is 0 Å². The summed E-state index contributed by atoms with van der Waals surface area (Å²) in [7, 11) is 0. The molecule has 0 radical (unpaired) electrons. The summed E-state index contributed by atoms with van der Waals surface area (Å²) >= 11 is 0. The van der Waals surface area contributed by atoms with Crippen molar-refractivity contribution in [3.63, 3.8) is 0 Å². The Labute approximate surface area is 96.5 Å². The molecule has 0 N–H and O–H groups in total. The van der Waals surface area contributed by atoms with E-state index in [0.29, 0.717) is 6.61 Å². The Morgan fingerprint density at radius 3 is 2.50 bits per heavy atom. The Morgan fingerprint density at radius 1 is 1.44 bits per heavy atom. The minimum Gasteiger partial charge on any atom is -0.465 e. The first-order valence-corrected chi connectivity index (χ1v) is 6.07.